The molecule has 2 aliphatic rings. The highest BCUT2D eigenvalue weighted by atomic mass is 15.3. The van der Waals surface area contributed by atoms with E-state index in [2.05, 4.69) is 35.0 Å². The summed E-state index contributed by atoms with van der Waals surface area (Å²) >= 11 is 0. The summed E-state index contributed by atoms with van der Waals surface area (Å²) in [5.41, 5.74) is 1.36. The van der Waals surface area contributed by atoms with Gasteiger partial charge in [0.05, 0.1) is 0 Å². The molecule has 1 radical (unpaired) electrons. The van der Waals surface area contributed by atoms with Gasteiger partial charge in [-0.05, 0) is 44.1 Å². The van der Waals surface area contributed by atoms with Gasteiger partial charge >= 0.3 is 0 Å². The monoisotopic (exact) mass is 201 g/mol. The Bertz CT molecular complexity index is 336. The Hall–Kier alpha value is -1.02. The minimum absolute atomic E-state index is 0.786. The van der Waals surface area contributed by atoms with Crippen molar-refractivity contribution >= 4 is 5.69 Å². The van der Waals surface area contributed by atoms with Gasteiger partial charge < -0.3 is 9.80 Å². The van der Waals surface area contributed by atoms with Crippen LogP contribution in [0.5, 0.6) is 0 Å². The van der Waals surface area contributed by atoms with Gasteiger partial charge in [-0.15, -0.1) is 0 Å². The summed E-state index contributed by atoms with van der Waals surface area (Å²) in [4.78, 5) is 5.03. The molecule has 2 nitrogen and oxygen atoms in total. The van der Waals surface area contributed by atoms with E-state index in [-0.39, 0.29) is 0 Å². The molecule has 3 rings (SSSR count). The van der Waals surface area contributed by atoms with Crippen LogP contribution in [-0.4, -0.2) is 37.6 Å². The summed E-state index contributed by atoms with van der Waals surface area (Å²) in [6.45, 7) is 3.72. The van der Waals surface area contributed by atoms with Crippen molar-refractivity contribution in [2.24, 2.45) is 5.92 Å². The highest BCUT2D eigenvalue weighted by Gasteiger charge is 2.39. The number of nitrogens with zero attached hydrogens (tertiary/aromatic N) is 2. The van der Waals surface area contributed by atoms with E-state index in [1.54, 1.807) is 0 Å². The van der Waals surface area contributed by atoms with Crippen molar-refractivity contribution in [2.45, 2.75) is 12.5 Å². The van der Waals surface area contributed by atoms with Gasteiger partial charge in [-0.1, -0.05) is 12.1 Å². The number of likely N-dealkylation sites (tertiary alicyclic amines) is 1. The Morgan fingerprint density at radius 2 is 2.07 bits per heavy atom. The minimum Gasteiger partial charge on any atom is -0.370 e. The molecule has 2 fully saturated rings. The molecule has 2 heteroatoms. The SMILES string of the molecule is CN1CCC2CN(c3cc[c]cc3)CC21. The van der Waals surface area contributed by atoms with Gasteiger partial charge in [0.25, 0.3) is 0 Å². The van der Waals surface area contributed by atoms with E-state index in [9.17, 15) is 0 Å². The smallest absolute Gasteiger partial charge is 0.0367 e. The molecule has 1 aromatic rings. The van der Waals surface area contributed by atoms with Crippen LogP contribution in [0.15, 0.2) is 24.3 Å². The third kappa shape index (κ3) is 1.53. The van der Waals surface area contributed by atoms with Gasteiger partial charge in [-0.25, -0.2) is 0 Å². The molecule has 0 spiro atoms. The lowest BCUT2D eigenvalue weighted by Gasteiger charge is -2.22. The number of hydrogen-bond donors (Lipinski definition) is 0. The van der Waals surface area contributed by atoms with Crippen LogP contribution in [0.2, 0.25) is 0 Å². The Morgan fingerprint density at radius 1 is 1.27 bits per heavy atom. The molecular formula is C13H17N2. The zero-order valence-corrected chi connectivity index (χ0v) is 9.19. The summed E-state index contributed by atoms with van der Waals surface area (Å²) in [5.74, 6) is 0.888. The van der Waals surface area contributed by atoms with Gasteiger partial charge in [0.15, 0.2) is 0 Å². The second-order valence-electron chi connectivity index (χ2n) is 4.76. The first-order chi connectivity index (χ1) is 7.34. The van der Waals surface area contributed by atoms with Gasteiger partial charge in [0.2, 0.25) is 0 Å². The molecule has 15 heavy (non-hydrogen) atoms. The second-order valence-corrected chi connectivity index (χ2v) is 4.76. The van der Waals surface area contributed by atoms with Crippen molar-refractivity contribution in [1.29, 1.82) is 0 Å². The van der Waals surface area contributed by atoms with Crippen molar-refractivity contribution in [3.63, 3.8) is 0 Å². The molecule has 0 aromatic heterocycles. The highest BCUT2D eigenvalue weighted by molar-refractivity contribution is 5.47. The number of hydrogen-bond acceptors (Lipinski definition) is 2. The molecule has 2 heterocycles. The van der Waals surface area contributed by atoms with Gasteiger partial charge in [0.1, 0.15) is 0 Å². The molecule has 0 N–H and O–H groups in total. The molecule has 2 aliphatic heterocycles. The van der Waals surface area contributed by atoms with Crippen LogP contribution in [0.1, 0.15) is 6.42 Å². The molecule has 79 valence electrons. The van der Waals surface area contributed by atoms with E-state index in [1.807, 2.05) is 12.1 Å². The quantitative estimate of drug-likeness (QED) is 0.681. The molecule has 0 amide bonds. The van der Waals surface area contributed by atoms with Crippen molar-refractivity contribution < 1.29 is 0 Å². The van der Waals surface area contributed by atoms with Crippen molar-refractivity contribution in [3.05, 3.63) is 30.3 Å². The van der Waals surface area contributed by atoms with Crippen LogP contribution in [0.25, 0.3) is 0 Å². The number of likely N-dealkylation sites (N-methyl/N-ethyl adjacent to an activating group) is 1. The van der Waals surface area contributed by atoms with Crippen LogP contribution in [0, 0.1) is 12.0 Å². The maximum atomic E-state index is 3.08. The van der Waals surface area contributed by atoms with E-state index in [0.717, 1.165) is 12.0 Å². The Balaban J connectivity index is 1.77. The minimum atomic E-state index is 0.786. The largest absolute Gasteiger partial charge is 0.370 e. The van der Waals surface area contributed by atoms with E-state index in [4.69, 9.17) is 0 Å². The lowest BCUT2D eigenvalue weighted by atomic mass is 10.1. The molecule has 0 saturated carbocycles. The molecule has 2 unspecified atom stereocenters. The molecule has 0 aliphatic carbocycles. The summed E-state index contributed by atoms with van der Waals surface area (Å²) in [6.07, 6.45) is 1.37. The van der Waals surface area contributed by atoms with Crippen molar-refractivity contribution in [1.82, 2.24) is 4.90 Å². The zero-order valence-electron chi connectivity index (χ0n) is 9.19. The number of fused-ring (bicyclic) bond motifs is 1. The van der Waals surface area contributed by atoms with Crippen LogP contribution in [0.3, 0.4) is 0 Å². The summed E-state index contributed by atoms with van der Waals surface area (Å²) in [7, 11) is 2.26. The number of rotatable bonds is 1. The van der Waals surface area contributed by atoms with E-state index >= 15 is 0 Å². The Labute approximate surface area is 91.5 Å². The molecule has 0 bridgehead atoms. The van der Waals surface area contributed by atoms with E-state index in [0.29, 0.717) is 0 Å². The van der Waals surface area contributed by atoms with Crippen molar-refractivity contribution in [2.75, 3.05) is 31.6 Å². The fourth-order valence-electron chi connectivity index (χ4n) is 2.97. The van der Waals surface area contributed by atoms with Crippen molar-refractivity contribution in [3.8, 4) is 0 Å². The Morgan fingerprint density at radius 3 is 2.80 bits per heavy atom. The van der Waals surface area contributed by atoms with Gasteiger partial charge in [-0.2, -0.15) is 0 Å². The van der Waals surface area contributed by atoms with Gasteiger partial charge in [0, 0.05) is 24.8 Å². The molecule has 1 aromatic carbocycles. The number of benzene rings is 1. The average Bonchev–Trinajstić information content (AvgIpc) is 2.83. The highest BCUT2D eigenvalue weighted by Crippen LogP contribution is 2.32. The second kappa shape index (κ2) is 3.53. The molecular weight excluding hydrogens is 184 g/mol. The summed E-state index contributed by atoms with van der Waals surface area (Å²) in [5, 5.41) is 0. The summed E-state index contributed by atoms with van der Waals surface area (Å²) < 4.78 is 0. The van der Waals surface area contributed by atoms with E-state index < -0.39 is 0 Å². The van der Waals surface area contributed by atoms with Gasteiger partial charge in [-0.3, -0.25) is 0 Å². The van der Waals surface area contributed by atoms with Crippen LogP contribution in [0.4, 0.5) is 5.69 Å². The average molecular weight is 201 g/mol. The predicted octanol–water partition coefficient (Wildman–Crippen LogP) is 1.63. The maximum absolute atomic E-state index is 3.08. The molecule has 2 atom stereocenters. The third-order valence-corrected chi connectivity index (χ3v) is 3.89. The Kier molecular flexibility index (Phi) is 2.17. The fourth-order valence-corrected chi connectivity index (χ4v) is 2.97. The van der Waals surface area contributed by atoms with Crippen LogP contribution >= 0.6 is 0 Å². The third-order valence-electron chi connectivity index (χ3n) is 3.89. The first-order valence-corrected chi connectivity index (χ1v) is 5.76. The first-order valence-electron chi connectivity index (χ1n) is 5.76. The maximum Gasteiger partial charge on any atom is 0.0367 e. The zero-order chi connectivity index (χ0) is 10.3. The molecule has 2 saturated heterocycles. The topological polar surface area (TPSA) is 6.48 Å². The standard InChI is InChI=1S/C13H17N2/c1-14-8-7-11-9-15(10-13(11)14)12-5-3-2-4-6-12/h3-6,11,13H,7-10H2,1H3. The predicted molar refractivity (Wildman–Crippen MR) is 62.0 cm³/mol. The fraction of sp³-hybridized carbons (Fsp3) is 0.538. The number of anilines is 1. The summed E-state index contributed by atoms with van der Waals surface area (Å²) in [6, 6.07) is 12.2. The lowest BCUT2D eigenvalue weighted by Crippen LogP contribution is -2.32. The van der Waals surface area contributed by atoms with Crippen LogP contribution < -0.4 is 4.90 Å². The van der Waals surface area contributed by atoms with E-state index in [1.165, 1.54) is 31.7 Å². The normalized spacial score (nSPS) is 30.9. The van der Waals surface area contributed by atoms with Crippen LogP contribution in [-0.2, 0) is 0 Å². The first kappa shape index (κ1) is 9.22. The lowest BCUT2D eigenvalue weighted by molar-refractivity contribution is 0.310.